The van der Waals surface area contributed by atoms with E-state index in [1.54, 1.807) is 6.07 Å². The molecule has 64 valence electrons. The third kappa shape index (κ3) is 2.54. The molecule has 0 spiro atoms. The van der Waals surface area contributed by atoms with Crippen molar-refractivity contribution in [1.82, 2.24) is 5.32 Å². The van der Waals surface area contributed by atoms with Gasteiger partial charge in [0.25, 0.3) is 5.91 Å². The van der Waals surface area contributed by atoms with Crippen LogP contribution < -0.4 is 5.32 Å². The van der Waals surface area contributed by atoms with E-state index >= 15 is 0 Å². The van der Waals surface area contributed by atoms with E-state index in [1.165, 1.54) is 12.5 Å². The Morgan fingerprint density at radius 2 is 2.50 bits per heavy atom. The van der Waals surface area contributed by atoms with Crippen LogP contribution in [0.5, 0.6) is 0 Å². The highest BCUT2D eigenvalue weighted by atomic mass is 79.9. The van der Waals surface area contributed by atoms with Gasteiger partial charge in [-0.15, -0.1) is 0 Å². The summed E-state index contributed by atoms with van der Waals surface area (Å²) in [4.78, 5) is 11.2. The Bertz CT molecular complexity index is 279. The molecule has 0 unspecified atom stereocenters. The topological polar surface area (TPSA) is 42.2 Å². The highest BCUT2D eigenvalue weighted by Gasteiger charge is 2.04. The molecule has 1 rings (SSSR count). The maximum Gasteiger partial charge on any atom is 0.254 e. The minimum absolute atomic E-state index is 0.163. The van der Waals surface area contributed by atoms with Gasteiger partial charge in [-0.25, -0.2) is 0 Å². The third-order valence-electron chi connectivity index (χ3n) is 1.22. The van der Waals surface area contributed by atoms with E-state index in [2.05, 4.69) is 27.8 Å². The quantitative estimate of drug-likeness (QED) is 0.861. The lowest BCUT2D eigenvalue weighted by Gasteiger charge is -1.99. The van der Waals surface area contributed by atoms with Crippen molar-refractivity contribution in [1.29, 1.82) is 0 Å². The summed E-state index contributed by atoms with van der Waals surface area (Å²) in [5, 5.41) is 2.64. The molecule has 0 fully saturated rings. The molecule has 0 aliphatic rings. The summed E-state index contributed by atoms with van der Waals surface area (Å²) in [6.45, 7) is 4.01. The Morgan fingerprint density at radius 3 is 3.00 bits per heavy atom. The van der Waals surface area contributed by atoms with Gasteiger partial charge in [0.05, 0.1) is 11.8 Å². The number of nitrogens with one attached hydrogen (secondary N) is 1. The SMILES string of the molecule is C=C(Br)CNC(=O)c1ccoc1. The normalized spacial score (nSPS) is 9.42. The molecule has 0 saturated heterocycles. The summed E-state index contributed by atoms with van der Waals surface area (Å²) in [6.07, 6.45) is 2.85. The van der Waals surface area contributed by atoms with Gasteiger partial charge >= 0.3 is 0 Å². The van der Waals surface area contributed by atoms with Crippen molar-refractivity contribution in [3.8, 4) is 0 Å². The predicted octanol–water partition coefficient (Wildman–Crippen LogP) is 1.92. The summed E-state index contributed by atoms with van der Waals surface area (Å²) >= 11 is 3.13. The fourth-order valence-electron chi connectivity index (χ4n) is 0.672. The van der Waals surface area contributed by atoms with Crippen molar-refractivity contribution in [3.63, 3.8) is 0 Å². The molecule has 0 aliphatic heterocycles. The highest BCUT2D eigenvalue weighted by Crippen LogP contribution is 2.01. The largest absolute Gasteiger partial charge is 0.472 e. The third-order valence-corrected chi connectivity index (χ3v) is 1.50. The molecule has 1 aromatic rings. The van der Waals surface area contributed by atoms with Crippen LogP contribution in [-0.2, 0) is 0 Å². The zero-order chi connectivity index (χ0) is 8.97. The maximum atomic E-state index is 11.2. The number of carbonyl (C=O) groups is 1. The monoisotopic (exact) mass is 229 g/mol. The fraction of sp³-hybridized carbons (Fsp3) is 0.125. The molecule has 1 heterocycles. The van der Waals surface area contributed by atoms with Crippen LogP contribution in [0.25, 0.3) is 0 Å². The molecule has 1 N–H and O–H groups in total. The standard InChI is InChI=1S/C8H8BrNO2/c1-6(9)4-10-8(11)7-2-3-12-5-7/h2-3,5H,1,4H2,(H,10,11). The number of carbonyl (C=O) groups excluding carboxylic acids is 1. The van der Waals surface area contributed by atoms with Crippen molar-refractivity contribution in [3.05, 3.63) is 35.2 Å². The van der Waals surface area contributed by atoms with Gasteiger partial charge in [0, 0.05) is 11.0 Å². The summed E-state index contributed by atoms with van der Waals surface area (Å²) < 4.78 is 5.48. The Hall–Kier alpha value is -1.03. The fourth-order valence-corrected chi connectivity index (χ4v) is 0.812. The van der Waals surface area contributed by atoms with Crippen molar-refractivity contribution in [2.45, 2.75) is 0 Å². The molecule has 1 amide bonds. The van der Waals surface area contributed by atoms with Crippen LogP contribution >= 0.6 is 15.9 Å². The van der Waals surface area contributed by atoms with E-state index in [4.69, 9.17) is 4.42 Å². The predicted molar refractivity (Wildman–Crippen MR) is 49.1 cm³/mol. The Labute approximate surface area is 78.6 Å². The van der Waals surface area contributed by atoms with Crippen molar-refractivity contribution < 1.29 is 9.21 Å². The van der Waals surface area contributed by atoms with Gasteiger partial charge in [-0.2, -0.15) is 0 Å². The average molecular weight is 230 g/mol. The van der Waals surface area contributed by atoms with Gasteiger partial charge in [-0.3, -0.25) is 4.79 Å². The molecule has 0 aliphatic carbocycles. The van der Waals surface area contributed by atoms with Gasteiger partial charge in [0.1, 0.15) is 6.26 Å². The van der Waals surface area contributed by atoms with Crippen LogP contribution in [0, 0.1) is 0 Å². The zero-order valence-corrected chi connectivity index (χ0v) is 7.93. The van der Waals surface area contributed by atoms with Crippen molar-refractivity contribution >= 4 is 21.8 Å². The minimum Gasteiger partial charge on any atom is -0.472 e. The lowest BCUT2D eigenvalue weighted by molar-refractivity contribution is 0.0957. The number of hydrogen-bond donors (Lipinski definition) is 1. The average Bonchev–Trinajstić information content (AvgIpc) is 2.51. The molecule has 0 aromatic carbocycles. The van der Waals surface area contributed by atoms with E-state index < -0.39 is 0 Å². The second-order valence-electron chi connectivity index (χ2n) is 2.21. The summed E-state index contributed by atoms with van der Waals surface area (Å²) in [5.41, 5.74) is 0.517. The number of rotatable bonds is 3. The van der Waals surface area contributed by atoms with Gasteiger partial charge in [0.2, 0.25) is 0 Å². The molecule has 3 nitrogen and oxygen atoms in total. The molecule has 0 atom stereocenters. The lowest BCUT2D eigenvalue weighted by atomic mass is 10.3. The molecular formula is C8H8BrNO2. The first-order valence-electron chi connectivity index (χ1n) is 3.34. The van der Waals surface area contributed by atoms with Crippen LogP contribution in [-0.4, -0.2) is 12.5 Å². The van der Waals surface area contributed by atoms with Crippen molar-refractivity contribution in [2.75, 3.05) is 6.54 Å². The molecule has 0 bridgehead atoms. The zero-order valence-electron chi connectivity index (χ0n) is 6.34. The Balaban J connectivity index is 2.45. The number of amides is 1. The Morgan fingerprint density at radius 1 is 1.75 bits per heavy atom. The van der Waals surface area contributed by atoms with E-state index in [0.29, 0.717) is 12.1 Å². The lowest BCUT2D eigenvalue weighted by Crippen LogP contribution is -2.23. The summed E-state index contributed by atoms with van der Waals surface area (Å²) in [5.74, 6) is -0.163. The van der Waals surface area contributed by atoms with E-state index in [9.17, 15) is 4.79 Å². The first-order chi connectivity index (χ1) is 5.70. The van der Waals surface area contributed by atoms with Gasteiger partial charge in [-0.1, -0.05) is 22.5 Å². The van der Waals surface area contributed by atoms with E-state index in [1.807, 2.05) is 0 Å². The van der Waals surface area contributed by atoms with Crippen LogP contribution in [0.15, 0.2) is 34.1 Å². The number of furan rings is 1. The molecule has 12 heavy (non-hydrogen) atoms. The molecule has 1 aromatic heterocycles. The Kier molecular flexibility index (Phi) is 3.10. The second-order valence-corrected chi connectivity index (χ2v) is 3.33. The number of halogens is 1. The first-order valence-corrected chi connectivity index (χ1v) is 4.13. The van der Waals surface area contributed by atoms with Gasteiger partial charge in [0.15, 0.2) is 0 Å². The maximum absolute atomic E-state index is 11.2. The summed E-state index contributed by atoms with van der Waals surface area (Å²) in [6, 6.07) is 1.60. The minimum atomic E-state index is -0.163. The highest BCUT2D eigenvalue weighted by molar-refractivity contribution is 9.11. The van der Waals surface area contributed by atoms with Crippen LogP contribution in [0.1, 0.15) is 10.4 Å². The van der Waals surface area contributed by atoms with Gasteiger partial charge < -0.3 is 9.73 Å². The second kappa shape index (κ2) is 4.11. The molecule has 0 saturated carbocycles. The van der Waals surface area contributed by atoms with E-state index in [0.717, 1.165) is 4.48 Å². The molecule has 0 radical (unpaired) electrons. The van der Waals surface area contributed by atoms with Crippen LogP contribution in [0.2, 0.25) is 0 Å². The number of hydrogen-bond acceptors (Lipinski definition) is 2. The van der Waals surface area contributed by atoms with Crippen LogP contribution in [0.4, 0.5) is 0 Å². The van der Waals surface area contributed by atoms with Gasteiger partial charge in [-0.05, 0) is 6.07 Å². The van der Waals surface area contributed by atoms with E-state index in [-0.39, 0.29) is 5.91 Å². The first kappa shape index (κ1) is 9.06. The molecule has 4 heteroatoms. The van der Waals surface area contributed by atoms with Crippen molar-refractivity contribution in [2.24, 2.45) is 0 Å². The smallest absolute Gasteiger partial charge is 0.254 e. The summed E-state index contributed by atoms with van der Waals surface area (Å²) in [7, 11) is 0. The van der Waals surface area contributed by atoms with Crippen LogP contribution in [0.3, 0.4) is 0 Å². The molecular weight excluding hydrogens is 222 g/mol.